The minimum atomic E-state index is -4.93. The van der Waals surface area contributed by atoms with Crippen molar-refractivity contribution in [3.05, 3.63) is 57.6 Å². The molecule has 1 fully saturated rings. The maximum absolute atomic E-state index is 14.1. The number of fused-ring (bicyclic) bond motifs is 1. The molecular weight excluding hydrogens is 501 g/mol. The van der Waals surface area contributed by atoms with Gasteiger partial charge in [-0.2, -0.15) is 30.7 Å². The number of carbonyl (C=O) groups is 1. The molecule has 1 saturated heterocycles. The van der Waals surface area contributed by atoms with Crippen molar-refractivity contribution in [2.45, 2.75) is 23.6 Å². The van der Waals surface area contributed by atoms with Crippen LogP contribution in [0.4, 0.5) is 36.4 Å². The number of alkyl halides is 7. The Morgan fingerprint density at radius 2 is 1.55 bits per heavy atom. The number of hydrogen-bond acceptors (Lipinski definition) is 3. The molecule has 12 heteroatoms. The van der Waals surface area contributed by atoms with Gasteiger partial charge in [0.2, 0.25) is 0 Å². The zero-order valence-corrected chi connectivity index (χ0v) is 16.8. The molecule has 1 unspecified atom stereocenters. The molecule has 0 saturated carbocycles. The highest BCUT2D eigenvalue weighted by Gasteiger charge is 2.69. The van der Waals surface area contributed by atoms with Gasteiger partial charge in [0, 0.05) is 10.0 Å². The molecule has 0 aliphatic carbocycles. The van der Waals surface area contributed by atoms with Crippen LogP contribution in [0, 0.1) is 0 Å². The summed E-state index contributed by atoms with van der Waals surface area (Å²) in [5.41, 5.74) is -4.92. The Morgan fingerprint density at radius 3 is 2.06 bits per heavy atom. The molecule has 2 aromatic carbocycles. The number of aromatic hydroxyl groups is 1. The summed E-state index contributed by atoms with van der Waals surface area (Å²) >= 11 is 2.92. The Kier molecular flexibility index (Phi) is 4.64. The SMILES string of the molecule is O=C1Nc2c(C(F)(F)F)cc(Br)cc2C1(c1ccc(O)cc1)N1CC(F)(F)C(F)(F)C1. The second kappa shape index (κ2) is 6.58. The van der Waals surface area contributed by atoms with Gasteiger partial charge in [0.05, 0.1) is 24.3 Å². The normalized spacial score (nSPS) is 24.8. The monoisotopic (exact) mass is 512 g/mol. The lowest BCUT2D eigenvalue weighted by atomic mass is 9.81. The van der Waals surface area contributed by atoms with E-state index in [9.17, 15) is 40.6 Å². The largest absolute Gasteiger partial charge is 0.508 e. The van der Waals surface area contributed by atoms with Crippen molar-refractivity contribution >= 4 is 27.5 Å². The third kappa shape index (κ3) is 3.10. The molecule has 4 nitrogen and oxygen atoms in total. The number of phenols is 1. The zero-order valence-electron chi connectivity index (χ0n) is 15.2. The van der Waals surface area contributed by atoms with Gasteiger partial charge in [0.15, 0.2) is 5.54 Å². The highest BCUT2D eigenvalue weighted by Crippen LogP contribution is 2.54. The molecule has 31 heavy (non-hydrogen) atoms. The van der Waals surface area contributed by atoms with Crippen molar-refractivity contribution in [3.8, 4) is 5.75 Å². The third-order valence-electron chi connectivity index (χ3n) is 5.44. The van der Waals surface area contributed by atoms with Crippen LogP contribution in [0.15, 0.2) is 40.9 Å². The molecule has 2 aliphatic rings. The van der Waals surface area contributed by atoms with Gasteiger partial charge in [-0.05, 0) is 29.8 Å². The summed E-state index contributed by atoms with van der Waals surface area (Å²) in [5, 5.41) is 11.6. The number of rotatable bonds is 2. The first-order chi connectivity index (χ1) is 14.2. The molecule has 0 radical (unpaired) electrons. The number of benzene rings is 2. The topological polar surface area (TPSA) is 52.6 Å². The van der Waals surface area contributed by atoms with Crippen LogP contribution in [-0.4, -0.2) is 40.8 Å². The highest BCUT2D eigenvalue weighted by molar-refractivity contribution is 9.10. The number of carbonyl (C=O) groups excluding carboxylic acids is 1. The first-order valence-corrected chi connectivity index (χ1v) is 9.52. The lowest BCUT2D eigenvalue weighted by Crippen LogP contribution is -2.51. The maximum Gasteiger partial charge on any atom is 0.418 e. The van der Waals surface area contributed by atoms with E-state index in [1.54, 1.807) is 0 Å². The van der Waals surface area contributed by atoms with E-state index in [0.717, 1.165) is 30.3 Å². The van der Waals surface area contributed by atoms with Gasteiger partial charge in [-0.3, -0.25) is 9.69 Å². The van der Waals surface area contributed by atoms with Gasteiger partial charge in [-0.15, -0.1) is 0 Å². The number of anilines is 1. The predicted octanol–water partition coefficient (Wildman–Crippen LogP) is 4.96. The quantitative estimate of drug-likeness (QED) is 0.559. The summed E-state index contributed by atoms with van der Waals surface area (Å²) in [6.45, 7) is -3.14. The van der Waals surface area contributed by atoms with Crippen molar-refractivity contribution in [1.29, 1.82) is 0 Å². The van der Waals surface area contributed by atoms with Crippen LogP contribution < -0.4 is 5.32 Å². The Hall–Kier alpha value is -2.34. The zero-order chi connectivity index (χ0) is 23.0. The van der Waals surface area contributed by atoms with Gasteiger partial charge < -0.3 is 10.4 Å². The van der Waals surface area contributed by atoms with Crippen molar-refractivity contribution in [2.24, 2.45) is 0 Å². The summed E-state index contributed by atoms with van der Waals surface area (Å²) in [6, 6.07) is 6.19. The van der Waals surface area contributed by atoms with Crippen LogP contribution in [0.1, 0.15) is 16.7 Å². The van der Waals surface area contributed by atoms with Crippen LogP contribution in [-0.2, 0) is 16.5 Å². The van der Waals surface area contributed by atoms with Crippen LogP contribution in [0.3, 0.4) is 0 Å². The fraction of sp³-hybridized carbons (Fsp3) is 0.316. The second-order valence-electron chi connectivity index (χ2n) is 7.35. The number of nitrogens with one attached hydrogen (secondary N) is 1. The Morgan fingerprint density at radius 1 is 1.00 bits per heavy atom. The molecule has 1 atom stereocenters. The highest BCUT2D eigenvalue weighted by atomic mass is 79.9. The van der Waals surface area contributed by atoms with Crippen molar-refractivity contribution in [2.75, 3.05) is 18.4 Å². The van der Waals surface area contributed by atoms with Gasteiger partial charge in [-0.1, -0.05) is 28.1 Å². The molecular formula is C19H12BrF7N2O2. The van der Waals surface area contributed by atoms with E-state index in [4.69, 9.17) is 0 Å². The summed E-state index contributed by atoms with van der Waals surface area (Å²) in [5.74, 6) is -10.5. The molecule has 2 heterocycles. The third-order valence-corrected chi connectivity index (χ3v) is 5.90. The lowest BCUT2D eigenvalue weighted by molar-refractivity contribution is -0.172. The minimum Gasteiger partial charge on any atom is -0.508 e. The van der Waals surface area contributed by atoms with Crippen molar-refractivity contribution < 1.29 is 40.6 Å². The fourth-order valence-corrected chi connectivity index (χ4v) is 4.52. The molecule has 2 aliphatic heterocycles. The van der Waals surface area contributed by atoms with Crippen LogP contribution in [0.2, 0.25) is 0 Å². The van der Waals surface area contributed by atoms with Gasteiger partial charge in [0.25, 0.3) is 5.91 Å². The standard InChI is InChI=1S/C19H12BrF7N2O2/c20-10-5-12-14(13(6-10)19(25,26)27)28-15(31)18(12,9-1-3-11(30)4-2-9)29-7-16(21,22)17(23,24)8-29/h1-6,30H,7-8H2,(H,28,31). The van der Waals surface area contributed by atoms with E-state index < -0.39 is 59.4 Å². The van der Waals surface area contributed by atoms with Crippen molar-refractivity contribution in [1.82, 2.24) is 4.90 Å². The summed E-state index contributed by atoms with van der Waals surface area (Å²) in [4.78, 5) is 13.6. The smallest absolute Gasteiger partial charge is 0.418 e. The summed E-state index contributed by atoms with van der Waals surface area (Å²) in [6.07, 6.45) is -4.93. The maximum atomic E-state index is 14.1. The number of amides is 1. The summed E-state index contributed by atoms with van der Waals surface area (Å²) in [7, 11) is 0. The number of hydrogen-bond donors (Lipinski definition) is 2. The number of likely N-dealkylation sites (tertiary alicyclic amines) is 1. The molecule has 0 aromatic heterocycles. The van der Waals surface area contributed by atoms with Gasteiger partial charge in [0.1, 0.15) is 5.75 Å². The molecule has 2 aromatic rings. The van der Waals surface area contributed by atoms with Gasteiger partial charge >= 0.3 is 18.0 Å². The molecule has 2 N–H and O–H groups in total. The summed E-state index contributed by atoms with van der Waals surface area (Å²) < 4.78 is 97.0. The average molecular weight is 513 g/mol. The van der Waals surface area contributed by atoms with Crippen molar-refractivity contribution in [3.63, 3.8) is 0 Å². The second-order valence-corrected chi connectivity index (χ2v) is 8.27. The Bertz CT molecular complexity index is 1060. The van der Waals surface area contributed by atoms with E-state index in [0.29, 0.717) is 11.0 Å². The van der Waals surface area contributed by atoms with E-state index >= 15 is 0 Å². The first kappa shape index (κ1) is 21.9. The van der Waals surface area contributed by atoms with E-state index in [1.165, 1.54) is 0 Å². The molecule has 0 bridgehead atoms. The molecule has 4 rings (SSSR count). The van der Waals surface area contributed by atoms with Gasteiger partial charge in [-0.25, -0.2) is 0 Å². The number of phenolic OH excluding ortho intramolecular Hbond substituents is 1. The Labute approximate surface area is 178 Å². The molecule has 1 amide bonds. The van der Waals surface area contributed by atoms with Crippen LogP contribution >= 0.6 is 15.9 Å². The Balaban J connectivity index is 2.04. The lowest BCUT2D eigenvalue weighted by Gasteiger charge is -2.37. The number of halogens is 8. The van der Waals surface area contributed by atoms with Crippen LogP contribution in [0.5, 0.6) is 5.75 Å². The number of nitrogens with zero attached hydrogens (tertiary/aromatic N) is 1. The van der Waals surface area contributed by atoms with E-state index in [1.807, 2.05) is 0 Å². The van der Waals surface area contributed by atoms with Crippen LogP contribution in [0.25, 0.3) is 0 Å². The average Bonchev–Trinajstić information content (AvgIpc) is 3.04. The van der Waals surface area contributed by atoms with E-state index in [2.05, 4.69) is 21.2 Å². The predicted molar refractivity (Wildman–Crippen MR) is 98.1 cm³/mol. The molecule has 0 spiro atoms. The first-order valence-electron chi connectivity index (χ1n) is 8.73. The van der Waals surface area contributed by atoms with E-state index in [-0.39, 0.29) is 15.8 Å². The minimum absolute atomic E-state index is 0.129. The fourth-order valence-electron chi connectivity index (χ4n) is 4.07. The molecule has 166 valence electrons.